The molecule has 0 saturated heterocycles. The van der Waals surface area contributed by atoms with Gasteiger partial charge in [-0.25, -0.2) is 5.43 Å². The standard InChI is InChI=1S/C26H23Cl2N5OS/c1-16-4-8-19(9-5-16)25-31-32-26(33(25)21-11-6-17(2)7-12-21)35-15-24(34)30-29-18(3)20-10-13-22(27)23(28)14-20/h4-14H,15H2,1-3H3,(H,30,34)/b29-18-. The van der Waals surface area contributed by atoms with Crippen molar-refractivity contribution in [3.63, 3.8) is 0 Å². The molecule has 0 bridgehead atoms. The number of carbonyl (C=O) groups excluding carboxylic acids is 1. The molecule has 1 aromatic heterocycles. The van der Waals surface area contributed by atoms with Crippen LogP contribution in [0.3, 0.4) is 0 Å². The predicted octanol–water partition coefficient (Wildman–Crippen LogP) is 6.49. The Morgan fingerprint density at radius 2 is 1.60 bits per heavy atom. The molecule has 0 aliphatic rings. The van der Waals surface area contributed by atoms with E-state index in [-0.39, 0.29) is 11.7 Å². The van der Waals surface area contributed by atoms with Crippen molar-refractivity contribution in [3.05, 3.63) is 93.5 Å². The highest BCUT2D eigenvalue weighted by atomic mass is 35.5. The van der Waals surface area contributed by atoms with Gasteiger partial charge in [0.05, 0.1) is 21.5 Å². The van der Waals surface area contributed by atoms with E-state index >= 15 is 0 Å². The predicted molar refractivity (Wildman–Crippen MR) is 144 cm³/mol. The first kappa shape index (κ1) is 25.0. The summed E-state index contributed by atoms with van der Waals surface area (Å²) in [6.07, 6.45) is 0. The summed E-state index contributed by atoms with van der Waals surface area (Å²) >= 11 is 13.3. The number of halogens is 2. The largest absolute Gasteiger partial charge is 0.272 e. The fourth-order valence-electron chi connectivity index (χ4n) is 3.27. The van der Waals surface area contributed by atoms with Crippen LogP contribution < -0.4 is 5.43 Å². The first-order valence-corrected chi connectivity index (χ1v) is 12.6. The molecule has 35 heavy (non-hydrogen) atoms. The van der Waals surface area contributed by atoms with E-state index < -0.39 is 0 Å². The smallest absolute Gasteiger partial charge is 0.250 e. The number of benzene rings is 3. The minimum Gasteiger partial charge on any atom is -0.272 e. The van der Waals surface area contributed by atoms with E-state index in [2.05, 4.69) is 20.7 Å². The number of hydrogen-bond acceptors (Lipinski definition) is 5. The van der Waals surface area contributed by atoms with Crippen LogP contribution in [-0.2, 0) is 4.79 Å². The van der Waals surface area contributed by atoms with Crippen molar-refractivity contribution in [2.24, 2.45) is 5.10 Å². The molecule has 4 aromatic rings. The molecule has 1 heterocycles. The van der Waals surface area contributed by atoms with Crippen molar-refractivity contribution in [2.45, 2.75) is 25.9 Å². The summed E-state index contributed by atoms with van der Waals surface area (Å²) in [5, 5.41) is 14.5. The Balaban J connectivity index is 1.52. The number of amides is 1. The zero-order valence-electron chi connectivity index (χ0n) is 19.4. The van der Waals surface area contributed by atoms with Gasteiger partial charge >= 0.3 is 0 Å². The lowest BCUT2D eigenvalue weighted by atomic mass is 10.1. The highest BCUT2D eigenvalue weighted by molar-refractivity contribution is 7.99. The average molecular weight is 524 g/mol. The summed E-state index contributed by atoms with van der Waals surface area (Å²) < 4.78 is 1.96. The van der Waals surface area contributed by atoms with Crippen molar-refractivity contribution in [1.29, 1.82) is 0 Å². The number of nitrogens with zero attached hydrogens (tertiary/aromatic N) is 4. The van der Waals surface area contributed by atoms with Gasteiger partial charge in [-0.3, -0.25) is 9.36 Å². The van der Waals surface area contributed by atoms with Gasteiger partial charge in [0.25, 0.3) is 5.91 Å². The molecule has 1 amide bonds. The molecule has 0 unspecified atom stereocenters. The van der Waals surface area contributed by atoms with Gasteiger partial charge in [-0.2, -0.15) is 5.10 Å². The van der Waals surface area contributed by atoms with Gasteiger partial charge < -0.3 is 0 Å². The minimum absolute atomic E-state index is 0.121. The molecule has 0 saturated carbocycles. The summed E-state index contributed by atoms with van der Waals surface area (Å²) in [5.74, 6) is 0.575. The SMILES string of the molecule is C/C(=N/NC(=O)CSc1nnc(-c2ccc(C)cc2)n1-c1ccc(C)cc1)c1ccc(Cl)c(Cl)c1. The van der Waals surface area contributed by atoms with Crippen LogP contribution >= 0.6 is 35.0 Å². The molecule has 0 spiro atoms. The number of nitrogens with one attached hydrogen (secondary N) is 1. The average Bonchev–Trinajstić information content (AvgIpc) is 3.27. The lowest BCUT2D eigenvalue weighted by Crippen LogP contribution is -2.21. The fourth-order valence-corrected chi connectivity index (χ4v) is 4.32. The molecule has 0 fully saturated rings. The first-order valence-electron chi connectivity index (χ1n) is 10.8. The molecule has 9 heteroatoms. The maximum absolute atomic E-state index is 12.5. The third kappa shape index (κ3) is 6.11. The summed E-state index contributed by atoms with van der Waals surface area (Å²) in [6, 6.07) is 21.4. The molecule has 0 radical (unpaired) electrons. The van der Waals surface area contributed by atoms with Gasteiger partial charge in [0.15, 0.2) is 11.0 Å². The van der Waals surface area contributed by atoms with Crippen LogP contribution in [0, 0.1) is 13.8 Å². The number of rotatable bonds is 7. The molecule has 4 rings (SSSR count). The normalized spacial score (nSPS) is 11.5. The van der Waals surface area contributed by atoms with Gasteiger partial charge in [0.2, 0.25) is 0 Å². The molecular weight excluding hydrogens is 501 g/mol. The minimum atomic E-state index is -0.259. The number of carbonyl (C=O) groups is 1. The maximum Gasteiger partial charge on any atom is 0.250 e. The number of hydrogen-bond donors (Lipinski definition) is 1. The number of aryl methyl sites for hydroxylation is 2. The zero-order valence-corrected chi connectivity index (χ0v) is 21.7. The van der Waals surface area contributed by atoms with E-state index in [1.807, 2.05) is 66.9 Å². The van der Waals surface area contributed by atoms with E-state index in [0.29, 0.717) is 26.7 Å². The molecule has 0 aliphatic heterocycles. The van der Waals surface area contributed by atoms with Gasteiger partial charge in [0, 0.05) is 11.3 Å². The van der Waals surface area contributed by atoms with Gasteiger partial charge in [0.1, 0.15) is 0 Å². The topological polar surface area (TPSA) is 72.2 Å². The third-order valence-electron chi connectivity index (χ3n) is 5.25. The molecule has 0 aliphatic carbocycles. The van der Waals surface area contributed by atoms with Crippen molar-refractivity contribution >= 4 is 46.6 Å². The van der Waals surface area contributed by atoms with Gasteiger partial charge in [-0.05, 0) is 50.6 Å². The van der Waals surface area contributed by atoms with Crippen molar-refractivity contribution < 1.29 is 4.79 Å². The lowest BCUT2D eigenvalue weighted by Gasteiger charge is -2.11. The second-order valence-electron chi connectivity index (χ2n) is 7.99. The van der Waals surface area contributed by atoms with Crippen LogP contribution in [0.4, 0.5) is 0 Å². The fraction of sp³-hybridized carbons (Fsp3) is 0.154. The van der Waals surface area contributed by atoms with Crippen molar-refractivity contribution in [1.82, 2.24) is 20.2 Å². The summed E-state index contributed by atoms with van der Waals surface area (Å²) in [7, 11) is 0. The van der Waals surface area contributed by atoms with Crippen LogP contribution in [0.2, 0.25) is 10.0 Å². The van der Waals surface area contributed by atoms with Gasteiger partial charge in [-0.15, -0.1) is 10.2 Å². The number of thioether (sulfide) groups is 1. The Kier molecular flexibility index (Phi) is 7.90. The third-order valence-corrected chi connectivity index (χ3v) is 6.92. The molecule has 3 aromatic carbocycles. The molecule has 6 nitrogen and oxygen atoms in total. The van der Waals surface area contributed by atoms with Crippen LogP contribution in [-0.4, -0.2) is 32.1 Å². The monoisotopic (exact) mass is 523 g/mol. The quantitative estimate of drug-likeness (QED) is 0.170. The highest BCUT2D eigenvalue weighted by Gasteiger charge is 2.17. The second-order valence-corrected chi connectivity index (χ2v) is 9.75. The lowest BCUT2D eigenvalue weighted by molar-refractivity contribution is -0.118. The van der Waals surface area contributed by atoms with Crippen LogP contribution in [0.5, 0.6) is 0 Å². The molecule has 0 atom stereocenters. The Labute approximate surface area is 218 Å². The van der Waals surface area contributed by atoms with E-state index in [1.165, 1.54) is 11.8 Å². The number of hydrazone groups is 1. The maximum atomic E-state index is 12.5. The Morgan fingerprint density at radius 1 is 0.943 bits per heavy atom. The van der Waals surface area contributed by atoms with Crippen molar-refractivity contribution in [2.75, 3.05) is 5.75 Å². The summed E-state index contributed by atoms with van der Waals surface area (Å²) in [6.45, 7) is 5.87. The molecule has 178 valence electrons. The van der Waals surface area contributed by atoms with Crippen LogP contribution in [0.25, 0.3) is 17.1 Å². The molecule has 1 N–H and O–H groups in total. The Bertz CT molecular complexity index is 1380. The van der Waals surface area contributed by atoms with Crippen molar-refractivity contribution in [3.8, 4) is 17.1 Å². The van der Waals surface area contributed by atoms with Crippen LogP contribution in [0.1, 0.15) is 23.6 Å². The second kappa shape index (κ2) is 11.1. The van der Waals surface area contributed by atoms with E-state index in [1.54, 1.807) is 25.1 Å². The van der Waals surface area contributed by atoms with Crippen LogP contribution in [0.15, 0.2) is 77.0 Å². The van der Waals surface area contributed by atoms with E-state index in [4.69, 9.17) is 23.2 Å². The Hall–Kier alpha value is -3.13. The zero-order chi connectivity index (χ0) is 24.9. The summed E-state index contributed by atoms with van der Waals surface area (Å²) in [5.41, 5.74) is 8.17. The highest BCUT2D eigenvalue weighted by Crippen LogP contribution is 2.28. The van der Waals surface area contributed by atoms with Gasteiger partial charge in [-0.1, -0.05) is 88.6 Å². The van der Waals surface area contributed by atoms with E-state index in [0.717, 1.165) is 27.9 Å². The Morgan fingerprint density at radius 3 is 2.26 bits per heavy atom. The van der Waals surface area contributed by atoms with E-state index in [9.17, 15) is 4.79 Å². The number of aromatic nitrogens is 3. The first-order chi connectivity index (χ1) is 16.8. The molecular formula is C26H23Cl2N5OS. The summed E-state index contributed by atoms with van der Waals surface area (Å²) in [4.78, 5) is 12.5.